The van der Waals surface area contributed by atoms with Gasteiger partial charge in [-0.05, 0) is 24.3 Å². The third-order valence-electron chi connectivity index (χ3n) is 4.19. The first-order valence-electron chi connectivity index (χ1n) is 7.97. The lowest BCUT2D eigenvalue weighted by Crippen LogP contribution is -2.84. The number of ether oxygens (including phenoxy) is 2. The minimum Gasteiger partial charge on any atom is -0.454 e. The van der Waals surface area contributed by atoms with Crippen LogP contribution in [0, 0.1) is 5.82 Å². The second-order valence-electron chi connectivity index (χ2n) is 5.86. The van der Waals surface area contributed by atoms with Gasteiger partial charge in [0.15, 0.2) is 17.6 Å². The SMILES string of the molecule is Fc1ccccc1C[NH2+]C[C@@H]1CC(c2ccc3c(c2)OCO3)=NO1. The second kappa shape index (κ2) is 6.49. The summed E-state index contributed by atoms with van der Waals surface area (Å²) in [5.74, 6) is 1.33. The Morgan fingerprint density at radius 3 is 2.92 bits per heavy atom. The Hall–Kier alpha value is -2.60. The van der Waals surface area contributed by atoms with E-state index in [1.165, 1.54) is 6.07 Å². The Morgan fingerprint density at radius 1 is 1.12 bits per heavy atom. The largest absolute Gasteiger partial charge is 0.454 e. The highest BCUT2D eigenvalue weighted by Crippen LogP contribution is 2.33. The fourth-order valence-corrected chi connectivity index (χ4v) is 2.89. The van der Waals surface area contributed by atoms with Crippen LogP contribution in [0.4, 0.5) is 4.39 Å². The molecule has 0 aliphatic carbocycles. The van der Waals surface area contributed by atoms with Gasteiger partial charge < -0.3 is 19.6 Å². The molecule has 0 amide bonds. The molecule has 5 nitrogen and oxygen atoms in total. The number of fused-ring (bicyclic) bond motifs is 1. The maximum atomic E-state index is 13.6. The number of hydrogen-bond donors (Lipinski definition) is 1. The van der Waals surface area contributed by atoms with Crippen LogP contribution in [-0.2, 0) is 11.4 Å². The standard InChI is InChI=1S/C18H17FN2O3/c19-15-4-2-1-3-13(15)9-20-10-14-8-16(21-24-14)12-5-6-17-18(7-12)23-11-22-17/h1-7,14,20H,8-11H2/p+1/t14-/m0/s1. The molecule has 6 heteroatoms. The monoisotopic (exact) mass is 329 g/mol. The molecular formula is C18H18FN2O3+. The lowest BCUT2D eigenvalue weighted by atomic mass is 10.0. The van der Waals surface area contributed by atoms with Gasteiger partial charge in [0.2, 0.25) is 6.79 Å². The molecule has 2 aromatic rings. The maximum absolute atomic E-state index is 13.6. The number of quaternary nitrogens is 1. The van der Waals surface area contributed by atoms with Gasteiger partial charge in [-0.1, -0.05) is 23.4 Å². The van der Waals surface area contributed by atoms with E-state index in [1.54, 1.807) is 12.1 Å². The van der Waals surface area contributed by atoms with E-state index in [0.29, 0.717) is 12.1 Å². The molecule has 2 aliphatic heterocycles. The summed E-state index contributed by atoms with van der Waals surface area (Å²) in [5.41, 5.74) is 2.58. The van der Waals surface area contributed by atoms with Crippen LogP contribution in [0.2, 0.25) is 0 Å². The van der Waals surface area contributed by atoms with Gasteiger partial charge in [0.1, 0.15) is 18.9 Å². The molecular weight excluding hydrogens is 311 g/mol. The predicted molar refractivity (Wildman–Crippen MR) is 85.5 cm³/mol. The van der Waals surface area contributed by atoms with Crippen molar-refractivity contribution in [3.05, 3.63) is 59.4 Å². The number of nitrogens with two attached hydrogens (primary N) is 1. The number of halogens is 1. The molecule has 2 aliphatic rings. The van der Waals surface area contributed by atoms with Crippen molar-refractivity contribution < 1.29 is 24.0 Å². The zero-order chi connectivity index (χ0) is 16.4. The van der Waals surface area contributed by atoms with Gasteiger partial charge in [0.05, 0.1) is 5.71 Å². The zero-order valence-electron chi connectivity index (χ0n) is 13.1. The summed E-state index contributed by atoms with van der Waals surface area (Å²) in [6.45, 7) is 1.58. The topological polar surface area (TPSA) is 56.7 Å². The van der Waals surface area contributed by atoms with Crippen molar-refractivity contribution in [2.45, 2.75) is 19.1 Å². The van der Waals surface area contributed by atoms with Crippen LogP contribution in [0.15, 0.2) is 47.6 Å². The average molecular weight is 329 g/mol. The van der Waals surface area contributed by atoms with Gasteiger partial charge in [-0.25, -0.2) is 4.39 Å². The van der Waals surface area contributed by atoms with Crippen molar-refractivity contribution in [2.75, 3.05) is 13.3 Å². The molecule has 0 fully saturated rings. The lowest BCUT2D eigenvalue weighted by Gasteiger charge is -2.07. The third kappa shape index (κ3) is 3.05. The molecule has 0 radical (unpaired) electrons. The van der Waals surface area contributed by atoms with Crippen LogP contribution in [0.3, 0.4) is 0 Å². The van der Waals surface area contributed by atoms with Crippen molar-refractivity contribution in [1.29, 1.82) is 0 Å². The van der Waals surface area contributed by atoms with E-state index in [0.717, 1.165) is 35.7 Å². The number of benzene rings is 2. The van der Waals surface area contributed by atoms with E-state index in [2.05, 4.69) is 5.16 Å². The highest BCUT2D eigenvalue weighted by atomic mass is 19.1. The van der Waals surface area contributed by atoms with Gasteiger partial charge in [-0.2, -0.15) is 0 Å². The molecule has 4 rings (SSSR count). The maximum Gasteiger partial charge on any atom is 0.231 e. The van der Waals surface area contributed by atoms with E-state index in [9.17, 15) is 4.39 Å². The number of rotatable bonds is 5. The number of oxime groups is 1. The van der Waals surface area contributed by atoms with Crippen molar-refractivity contribution in [3.8, 4) is 11.5 Å². The number of hydrogen-bond acceptors (Lipinski definition) is 4. The third-order valence-corrected chi connectivity index (χ3v) is 4.19. The van der Waals surface area contributed by atoms with Gasteiger partial charge in [0.25, 0.3) is 0 Å². The van der Waals surface area contributed by atoms with Crippen molar-refractivity contribution in [3.63, 3.8) is 0 Å². The van der Waals surface area contributed by atoms with Crippen LogP contribution >= 0.6 is 0 Å². The Balaban J connectivity index is 1.31. The van der Waals surface area contributed by atoms with Gasteiger partial charge in [0, 0.05) is 17.5 Å². The zero-order valence-corrected chi connectivity index (χ0v) is 13.1. The fourth-order valence-electron chi connectivity index (χ4n) is 2.89. The summed E-state index contributed by atoms with van der Waals surface area (Å²) >= 11 is 0. The molecule has 0 aromatic heterocycles. The van der Waals surface area contributed by atoms with Crippen LogP contribution in [0.1, 0.15) is 17.5 Å². The molecule has 0 spiro atoms. The minimum absolute atomic E-state index is 0.00260. The van der Waals surface area contributed by atoms with Crippen LogP contribution in [0.25, 0.3) is 0 Å². The Bertz CT molecular complexity index is 779. The van der Waals surface area contributed by atoms with Crippen LogP contribution in [-0.4, -0.2) is 25.2 Å². The molecule has 0 saturated heterocycles. The molecule has 1 atom stereocenters. The summed E-state index contributed by atoms with van der Waals surface area (Å²) in [6.07, 6.45) is 0.727. The number of nitrogens with zero attached hydrogens (tertiary/aromatic N) is 1. The summed E-state index contributed by atoms with van der Waals surface area (Å²) in [6, 6.07) is 12.6. The molecule has 124 valence electrons. The summed E-state index contributed by atoms with van der Waals surface area (Å²) < 4.78 is 24.3. The molecule has 0 bridgehead atoms. The molecule has 0 unspecified atom stereocenters. The quantitative estimate of drug-likeness (QED) is 0.910. The Labute approximate surface area is 139 Å². The first kappa shape index (κ1) is 15.0. The van der Waals surface area contributed by atoms with Gasteiger partial charge in [-0.3, -0.25) is 0 Å². The summed E-state index contributed by atoms with van der Waals surface area (Å²) in [7, 11) is 0. The van der Waals surface area contributed by atoms with E-state index < -0.39 is 0 Å². The van der Waals surface area contributed by atoms with E-state index in [1.807, 2.05) is 29.6 Å². The average Bonchev–Trinajstić information content (AvgIpc) is 3.25. The molecule has 0 saturated carbocycles. The lowest BCUT2D eigenvalue weighted by molar-refractivity contribution is -0.676. The first-order valence-corrected chi connectivity index (χ1v) is 7.97. The van der Waals surface area contributed by atoms with Crippen molar-refractivity contribution >= 4 is 5.71 Å². The second-order valence-corrected chi connectivity index (χ2v) is 5.86. The van der Waals surface area contributed by atoms with E-state index >= 15 is 0 Å². The highest BCUT2D eigenvalue weighted by Gasteiger charge is 2.25. The summed E-state index contributed by atoms with van der Waals surface area (Å²) in [4.78, 5) is 5.50. The normalized spacial score (nSPS) is 18.4. The Morgan fingerprint density at radius 2 is 2.00 bits per heavy atom. The highest BCUT2D eigenvalue weighted by molar-refractivity contribution is 6.01. The summed E-state index contributed by atoms with van der Waals surface area (Å²) in [5, 5.41) is 6.23. The first-order chi connectivity index (χ1) is 11.8. The van der Waals surface area contributed by atoms with Gasteiger partial charge >= 0.3 is 0 Å². The Kier molecular flexibility index (Phi) is 4.04. The van der Waals surface area contributed by atoms with Crippen LogP contribution in [0.5, 0.6) is 11.5 Å². The van der Waals surface area contributed by atoms with E-state index in [-0.39, 0.29) is 18.7 Å². The molecule has 2 aromatic carbocycles. The van der Waals surface area contributed by atoms with E-state index in [4.69, 9.17) is 14.3 Å². The van der Waals surface area contributed by atoms with Crippen LogP contribution < -0.4 is 14.8 Å². The van der Waals surface area contributed by atoms with Crippen molar-refractivity contribution in [2.24, 2.45) is 5.16 Å². The molecule has 24 heavy (non-hydrogen) atoms. The van der Waals surface area contributed by atoms with Crippen molar-refractivity contribution in [1.82, 2.24) is 0 Å². The predicted octanol–water partition coefficient (Wildman–Crippen LogP) is 1.81. The fraction of sp³-hybridized carbons (Fsp3) is 0.278. The molecule has 2 N–H and O–H groups in total. The smallest absolute Gasteiger partial charge is 0.231 e. The molecule has 2 heterocycles. The van der Waals surface area contributed by atoms with Gasteiger partial charge in [-0.15, -0.1) is 0 Å². The minimum atomic E-state index is -0.168.